The fourth-order valence-electron chi connectivity index (χ4n) is 4.21. The average Bonchev–Trinajstić information content (AvgIpc) is 3.44. The molecule has 0 radical (unpaired) electrons. The molecule has 150 valence electrons. The highest BCUT2D eigenvalue weighted by molar-refractivity contribution is 5.93. The van der Waals surface area contributed by atoms with Crippen molar-refractivity contribution in [3.63, 3.8) is 0 Å². The van der Waals surface area contributed by atoms with Crippen molar-refractivity contribution >= 4 is 23.2 Å². The number of para-hydroxylation sites is 1. The number of furan rings is 1. The van der Waals surface area contributed by atoms with Crippen LogP contribution in [0.1, 0.15) is 46.5 Å². The van der Waals surface area contributed by atoms with Crippen LogP contribution in [-0.4, -0.2) is 40.8 Å². The first kappa shape index (κ1) is 17.8. The van der Waals surface area contributed by atoms with Gasteiger partial charge in [0.2, 0.25) is 5.76 Å². The van der Waals surface area contributed by atoms with Crippen molar-refractivity contribution < 1.29 is 22.4 Å². The number of nitrogens with one attached hydrogen (secondary N) is 1. The van der Waals surface area contributed by atoms with Crippen molar-refractivity contribution in [1.29, 1.82) is 0 Å². The summed E-state index contributed by atoms with van der Waals surface area (Å²) in [6.45, 7) is 2.29. The Hall–Kier alpha value is -3.23. The zero-order valence-corrected chi connectivity index (χ0v) is 15.5. The maximum Gasteiger partial charge on any atom is 0.292 e. The summed E-state index contributed by atoms with van der Waals surface area (Å²) >= 11 is 0. The lowest BCUT2D eigenvalue weighted by Gasteiger charge is -2.40. The summed E-state index contributed by atoms with van der Waals surface area (Å²) in [4.78, 5) is 22.7. The molecule has 2 unspecified atom stereocenters. The number of amides is 1. The van der Waals surface area contributed by atoms with E-state index >= 15 is 0 Å². The van der Waals surface area contributed by atoms with Crippen molar-refractivity contribution in [3.8, 4) is 0 Å². The van der Waals surface area contributed by atoms with E-state index < -0.39 is 29.8 Å². The number of aryl methyl sites for hydroxylation is 1. The summed E-state index contributed by atoms with van der Waals surface area (Å²) in [6, 6.07) is 6.91. The Morgan fingerprint density at radius 3 is 3.03 bits per heavy atom. The van der Waals surface area contributed by atoms with Crippen molar-refractivity contribution in [1.82, 2.24) is 15.2 Å². The maximum atomic E-state index is 13.3. The molecule has 1 saturated heterocycles. The van der Waals surface area contributed by atoms with E-state index in [0.29, 0.717) is 18.7 Å². The van der Waals surface area contributed by atoms with Gasteiger partial charge in [-0.2, -0.15) is 0 Å². The molecule has 7 nitrogen and oxygen atoms in total. The topological polar surface area (TPSA) is 83.9 Å². The molecule has 1 N–H and O–H groups in total. The van der Waals surface area contributed by atoms with Crippen molar-refractivity contribution in [2.45, 2.75) is 37.9 Å². The zero-order chi connectivity index (χ0) is 20.1. The number of hydrogen-bond donors (Lipinski definition) is 1. The summed E-state index contributed by atoms with van der Waals surface area (Å²) in [6.07, 6.45) is 0.229. The number of hydrogen-bond acceptors (Lipinski definition) is 6. The van der Waals surface area contributed by atoms with E-state index in [1.807, 2.05) is 31.2 Å². The van der Waals surface area contributed by atoms with Crippen LogP contribution >= 0.6 is 0 Å². The van der Waals surface area contributed by atoms with E-state index in [9.17, 15) is 13.6 Å². The van der Waals surface area contributed by atoms with Crippen LogP contribution < -0.4 is 5.32 Å². The van der Waals surface area contributed by atoms with E-state index in [4.69, 9.17) is 8.83 Å². The second-order valence-corrected chi connectivity index (χ2v) is 7.28. The minimum atomic E-state index is -2.90. The minimum Gasteiger partial charge on any atom is -0.459 e. The number of piperidine rings is 1. The third-order valence-electron chi connectivity index (χ3n) is 5.60. The highest BCUT2D eigenvalue weighted by Crippen LogP contribution is 2.39. The number of alkyl halides is 2. The molecule has 1 amide bonds. The molecule has 0 spiro atoms. The van der Waals surface area contributed by atoms with Gasteiger partial charge >= 0.3 is 0 Å². The Balaban J connectivity index is 1.59. The number of oxazole rings is 1. The first-order valence-corrected chi connectivity index (χ1v) is 9.34. The van der Waals surface area contributed by atoms with Crippen molar-refractivity contribution in [2.75, 3.05) is 6.54 Å². The molecule has 3 atom stereocenters. The highest BCUT2D eigenvalue weighted by atomic mass is 19.3. The van der Waals surface area contributed by atoms with Crippen molar-refractivity contribution in [3.05, 3.63) is 53.4 Å². The number of halogens is 2. The molecular formula is C20H18F2N4O3. The zero-order valence-electron chi connectivity index (χ0n) is 15.5. The standard InChI is InChI=1S/C20H18F2N4O3/c1-10-3-2-4-11-7-13(29-17(10)11)16-14-12(23-8-24-14)5-6-26(16)20(27)18-15(19(21)22)25-9-28-18/h2-4,7-9,12,14,16,19H,5-6H2,1H3,(H,23,24)/t12?,14?,16-/m1/s1. The van der Waals surface area contributed by atoms with Crippen LogP contribution in [0.3, 0.4) is 0 Å². The van der Waals surface area contributed by atoms with E-state index in [0.717, 1.165) is 22.9 Å². The normalized spacial score (nSPS) is 23.6. The van der Waals surface area contributed by atoms with Gasteiger partial charge in [0.1, 0.15) is 17.4 Å². The minimum absolute atomic E-state index is 0.0441. The molecule has 2 aliphatic heterocycles. The van der Waals surface area contributed by atoms with Gasteiger partial charge in [0, 0.05) is 11.9 Å². The van der Waals surface area contributed by atoms with Gasteiger partial charge in [0.05, 0.1) is 18.4 Å². The first-order valence-electron chi connectivity index (χ1n) is 9.34. The largest absolute Gasteiger partial charge is 0.459 e. The molecule has 0 saturated carbocycles. The molecule has 3 aromatic rings. The van der Waals surface area contributed by atoms with E-state index in [1.54, 1.807) is 6.34 Å². The predicted molar refractivity (Wildman–Crippen MR) is 100 cm³/mol. The van der Waals surface area contributed by atoms with Gasteiger partial charge in [-0.15, -0.1) is 0 Å². The van der Waals surface area contributed by atoms with Gasteiger partial charge in [-0.3, -0.25) is 9.79 Å². The Bertz CT molecular complexity index is 1110. The van der Waals surface area contributed by atoms with Crippen LogP contribution in [0.2, 0.25) is 0 Å². The van der Waals surface area contributed by atoms with E-state index in [-0.39, 0.29) is 12.1 Å². The van der Waals surface area contributed by atoms with Gasteiger partial charge in [0.15, 0.2) is 12.1 Å². The van der Waals surface area contributed by atoms with Crippen LogP contribution in [0.15, 0.2) is 44.5 Å². The fraction of sp³-hybridized carbons (Fsp3) is 0.350. The molecule has 2 aromatic heterocycles. The summed E-state index contributed by atoms with van der Waals surface area (Å²) in [5.74, 6) is -0.512. The third kappa shape index (κ3) is 2.80. The summed E-state index contributed by atoms with van der Waals surface area (Å²) in [5.41, 5.74) is 1.06. The van der Waals surface area contributed by atoms with Gasteiger partial charge in [-0.1, -0.05) is 18.2 Å². The molecular weight excluding hydrogens is 382 g/mol. The molecule has 9 heteroatoms. The molecule has 0 bridgehead atoms. The number of carbonyl (C=O) groups is 1. The first-order chi connectivity index (χ1) is 14.0. The number of fused-ring (bicyclic) bond motifs is 2. The van der Waals surface area contributed by atoms with Crippen molar-refractivity contribution in [2.24, 2.45) is 4.99 Å². The molecule has 4 heterocycles. The average molecular weight is 400 g/mol. The Kier molecular flexibility index (Phi) is 4.11. The number of aliphatic imine (C=N–C) groups is 1. The second-order valence-electron chi connectivity index (χ2n) is 7.28. The summed E-state index contributed by atoms with van der Waals surface area (Å²) in [7, 11) is 0. The van der Waals surface area contributed by atoms with Gasteiger partial charge in [0.25, 0.3) is 12.3 Å². The number of rotatable bonds is 3. The van der Waals surface area contributed by atoms with Gasteiger partial charge < -0.3 is 19.1 Å². The van der Waals surface area contributed by atoms with Crippen LogP contribution in [-0.2, 0) is 0 Å². The van der Waals surface area contributed by atoms with Crippen LogP contribution in [0.5, 0.6) is 0 Å². The summed E-state index contributed by atoms with van der Waals surface area (Å²) in [5, 5.41) is 4.11. The quantitative estimate of drug-likeness (QED) is 0.726. The lowest BCUT2D eigenvalue weighted by atomic mass is 9.90. The molecule has 1 aromatic carbocycles. The third-order valence-corrected chi connectivity index (χ3v) is 5.60. The Morgan fingerprint density at radius 1 is 1.38 bits per heavy atom. The smallest absolute Gasteiger partial charge is 0.292 e. The molecule has 0 aliphatic carbocycles. The number of nitrogens with zero attached hydrogens (tertiary/aromatic N) is 3. The van der Waals surface area contributed by atoms with Gasteiger partial charge in [-0.25, -0.2) is 13.8 Å². The number of benzene rings is 1. The molecule has 1 fully saturated rings. The lowest BCUT2D eigenvalue weighted by molar-refractivity contribution is 0.0475. The van der Waals surface area contributed by atoms with Crippen LogP contribution in [0.4, 0.5) is 8.78 Å². The SMILES string of the molecule is Cc1cccc2cc([C@@H]3C4N=CNC4CCN3C(=O)c3ocnc3C(F)F)oc12. The second kappa shape index (κ2) is 6.68. The van der Waals surface area contributed by atoms with Crippen LogP contribution in [0.25, 0.3) is 11.0 Å². The Labute approximate surface area is 164 Å². The lowest BCUT2D eigenvalue weighted by Crippen LogP contribution is -2.52. The number of likely N-dealkylation sites (tertiary alicyclic amines) is 1. The fourth-order valence-corrected chi connectivity index (χ4v) is 4.21. The molecule has 2 aliphatic rings. The molecule has 5 rings (SSSR count). The maximum absolute atomic E-state index is 13.3. The highest BCUT2D eigenvalue weighted by Gasteiger charge is 2.46. The predicted octanol–water partition coefficient (Wildman–Crippen LogP) is 3.62. The monoisotopic (exact) mass is 400 g/mol. The Morgan fingerprint density at radius 2 is 2.24 bits per heavy atom. The van der Waals surface area contributed by atoms with Crippen LogP contribution in [0, 0.1) is 6.92 Å². The van der Waals surface area contributed by atoms with Gasteiger partial charge in [-0.05, 0) is 25.0 Å². The van der Waals surface area contributed by atoms with E-state index in [1.165, 1.54) is 4.90 Å². The number of aromatic nitrogens is 1. The number of carbonyl (C=O) groups excluding carboxylic acids is 1. The summed E-state index contributed by atoms with van der Waals surface area (Å²) < 4.78 is 37.7. The van der Waals surface area contributed by atoms with E-state index in [2.05, 4.69) is 15.3 Å². The molecule has 29 heavy (non-hydrogen) atoms.